The van der Waals surface area contributed by atoms with Gasteiger partial charge in [-0.25, -0.2) is 0 Å². The first-order chi connectivity index (χ1) is 9.04. The zero-order valence-corrected chi connectivity index (χ0v) is 11.0. The monoisotopic (exact) mass is 264 g/mol. The van der Waals surface area contributed by atoms with Crippen LogP contribution >= 0.6 is 0 Å². The first-order valence-corrected chi connectivity index (χ1v) is 6.24. The Hall–Kier alpha value is -2.24. The molecule has 0 aromatic heterocycles. The standard InChI is InChI=1S/C13H20N4O2/c1-2-6-16-12(18)5-7-17-13(19)10-4-3-9(14)8-11(10)15/h3-4,8H,2,5-7,14-15H2,1H3,(H,16,18)(H,17,19). The number of amides is 2. The molecule has 19 heavy (non-hydrogen) atoms. The lowest BCUT2D eigenvalue weighted by molar-refractivity contribution is -0.120. The number of hydrogen-bond donors (Lipinski definition) is 4. The lowest BCUT2D eigenvalue weighted by Crippen LogP contribution is -2.31. The minimum absolute atomic E-state index is 0.0765. The van der Waals surface area contributed by atoms with Crippen molar-refractivity contribution < 1.29 is 9.59 Å². The number of nitrogens with two attached hydrogens (primary N) is 2. The van der Waals surface area contributed by atoms with Crippen molar-refractivity contribution in [3.8, 4) is 0 Å². The molecule has 2 amide bonds. The highest BCUT2D eigenvalue weighted by Gasteiger charge is 2.09. The molecule has 104 valence electrons. The molecule has 0 aliphatic carbocycles. The molecule has 0 unspecified atom stereocenters. The van der Waals surface area contributed by atoms with Crippen molar-refractivity contribution in [3.05, 3.63) is 23.8 Å². The molecule has 0 radical (unpaired) electrons. The number of nitrogen functional groups attached to an aromatic ring is 2. The van der Waals surface area contributed by atoms with Gasteiger partial charge < -0.3 is 22.1 Å². The zero-order chi connectivity index (χ0) is 14.3. The average molecular weight is 264 g/mol. The molecule has 0 saturated heterocycles. The van der Waals surface area contributed by atoms with E-state index in [4.69, 9.17) is 11.5 Å². The number of carbonyl (C=O) groups excluding carboxylic acids is 2. The van der Waals surface area contributed by atoms with Gasteiger partial charge in [0.15, 0.2) is 0 Å². The number of anilines is 2. The first kappa shape index (κ1) is 14.8. The van der Waals surface area contributed by atoms with Crippen LogP contribution in [0.4, 0.5) is 11.4 Å². The molecule has 0 heterocycles. The van der Waals surface area contributed by atoms with Crippen molar-refractivity contribution in [1.29, 1.82) is 0 Å². The molecule has 6 N–H and O–H groups in total. The maximum atomic E-state index is 11.8. The predicted octanol–water partition coefficient (Wildman–Crippen LogP) is 0.497. The van der Waals surface area contributed by atoms with Crippen LogP contribution in [-0.4, -0.2) is 24.9 Å². The Balaban J connectivity index is 2.41. The zero-order valence-electron chi connectivity index (χ0n) is 11.0. The molecular formula is C13H20N4O2. The van der Waals surface area contributed by atoms with Crippen molar-refractivity contribution >= 4 is 23.2 Å². The lowest BCUT2D eigenvalue weighted by Gasteiger charge is -2.08. The Morgan fingerprint density at radius 1 is 1.16 bits per heavy atom. The van der Waals surface area contributed by atoms with Crippen LogP contribution in [0.3, 0.4) is 0 Å². The molecule has 0 atom stereocenters. The van der Waals surface area contributed by atoms with Gasteiger partial charge in [-0.3, -0.25) is 9.59 Å². The maximum Gasteiger partial charge on any atom is 0.253 e. The highest BCUT2D eigenvalue weighted by molar-refractivity contribution is 5.99. The van der Waals surface area contributed by atoms with E-state index in [0.29, 0.717) is 23.5 Å². The highest BCUT2D eigenvalue weighted by Crippen LogP contribution is 2.15. The van der Waals surface area contributed by atoms with E-state index in [1.807, 2.05) is 6.92 Å². The van der Waals surface area contributed by atoms with Crippen molar-refractivity contribution in [1.82, 2.24) is 10.6 Å². The smallest absolute Gasteiger partial charge is 0.253 e. The average Bonchev–Trinajstić information content (AvgIpc) is 2.36. The third-order valence-corrected chi connectivity index (χ3v) is 2.53. The fraction of sp³-hybridized carbons (Fsp3) is 0.385. The number of hydrogen-bond acceptors (Lipinski definition) is 4. The van der Waals surface area contributed by atoms with E-state index in [2.05, 4.69) is 10.6 Å². The van der Waals surface area contributed by atoms with Gasteiger partial charge in [0, 0.05) is 30.9 Å². The summed E-state index contributed by atoms with van der Waals surface area (Å²) in [5.41, 5.74) is 12.4. The van der Waals surface area contributed by atoms with Crippen LogP contribution < -0.4 is 22.1 Å². The Kier molecular flexibility index (Phi) is 5.66. The van der Waals surface area contributed by atoms with Crippen molar-refractivity contribution in [2.75, 3.05) is 24.6 Å². The quantitative estimate of drug-likeness (QED) is 0.561. The van der Waals surface area contributed by atoms with Gasteiger partial charge in [0.1, 0.15) is 0 Å². The highest BCUT2D eigenvalue weighted by atomic mass is 16.2. The lowest BCUT2D eigenvalue weighted by atomic mass is 10.1. The summed E-state index contributed by atoms with van der Waals surface area (Å²) < 4.78 is 0. The fourth-order valence-electron chi connectivity index (χ4n) is 1.53. The third kappa shape index (κ3) is 4.87. The van der Waals surface area contributed by atoms with Crippen LogP contribution in [0.15, 0.2) is 18.2 Å². The van der Waals surface area contributed by atoms with Gasteiger partial charge in [0.25, 0.3) is 5.91 Å². The molecule has 0 aliphatic heterocycles. The summed E-state index contributed by atoms with van der Waals surface area (Å²) in [5.74, 6) is -0.381. The van der Waals surface area contributed by atoms with E-state index in [9.17, 15) is 9.59 Å². The van der Waals surface area contributed by atoms with E-state index in [1.165, 1.54) is 6.07 Å². The molecule has 1 aromatic rings. The van der Waals surface area contributed by atoms with Crippen LogP contribution in [0.5, 0.6) is 0 Å². The Bertz CT molecular complexity index is 460. The maximum absolute atomic E-state index is 11.8. The van der Waals surface area contributed by atoms with E-state index in [0.717, 1.165) is 6.42 Å². The molecule has 1 rings (SSSR count). The van der Waals surface area contributed by atoms with Gasteiger partial charge in [0.2, 0.25) is 5.91 Å². The molecule has 0 aliphatic rings. The SMILES string of the molecule is CCCNC(=O)CCNC(=O)c1ccc(N)cc1N. The second kappa shape index (κ2) is 7.25. The van der Waals surface area contributed by atoms with Crippen LogP contribution in [0.1, 0.15) is 30.1 Å². The van der Waals surface area contributed by atoms with Gasteiger partial charge in [-0.15, -0.1) is 0 Å². The normalized spacial score (nSPS) is 9.95. The molecule has 1 aromatic carbocycles. The second-order valence-corrected chi connectivity index (χ2v) is 4.20. The summed E-state index contributed by atoms with van der Waals surface area (Å²) in [6.07, 6.45) is 1.14. The Morgan fingerprint density at radius 2 is 1.89 bits per heavy atom. The van der Waals surface area contributed by atoms with Crippen LogP contribution in [0, 0.1) is 0 Å². The Morgan fingerprint density at radius 3 is 2.53 bits per heavy atom. The number of carbonyl (C=O) groups is 2. The summed E-state index contributed by atoms with van der Waals surface area (Å²) in [6.45, 7) is 2.90. The molecular weight excluding hydrogens is 244 g/mol. The molecule has 6 nitrogen and oxygen atoms in total. The molecule has 0 saturated carbocycles. The van der Waals surface area contributed by atoms with E-state index in [1.54, 1.807) is 12.1 Å². The first-order valence-electron chi connectivity index (χ1n) is 6.24. The Labute approximate surface area is 112 Å². The van der Waals surface area contributed by atoms with Crippen molar-refractivity contribution in [2.24, 2.45) is 0 Å². The van der Waals surface area contributed by atoms with Gasteiger partial charge in [0.05, 0.1) is 5.56 Å². The van der Waals surface area contributed by atoms with Gasteiger partial charge in [-0.2, -0.15) is 0 Å². The van der Waals surface area contributed by atoms with Crippen LogP contribution in [-0.2, 0) is 4.79 Å². The summed E-state index contributed by atoms with van der Waals surface area (Å²) in [4.78, 5) is 23.1. The van der Waals surface area contributed by atoms with Gasteiger partial charge in [-0.1, -0.05) is 6.92 Å². The summed E-state index contributed by atoms with van der Waals surface area (Å²) >= 11 is 0. The molecule has 0 spiro atoms. The molecule has 0 bridgehead atoms. The number of rotatable bonds is 6. The van der Waals surface area contributed by atoms with Crippen LogP contribution in [0.2, 0.25) is 0 Å². The topological polar surface area (TPSA) is 110 Å². The summed E-state index contributed by atoms with van der Waals surface area (Å²) in [7, 11) is 0. The largest absolute Gasteiger partial charge is 0.399 e. The van der Waals surface area contributed by atoms with Crippen molar-refractivity contribution in [2.45, 2.75) is 19.8 Å². The van der Waals surface area contributed by atoms with Crippen molar-refractivity contribution in [3.63, 3.8) is 0 Å². The fourth-order valence-corrected chi connectivity index (χ4v) is 1.53. The minimum Gasteiger partial charge on any atom is -0.399 e. The summed E-state index contributed by atoms with van der Waals surface area (Å²) in [6, 6.07) is 4.71. The van der Waals surface area contributed by atoms with E-state index >= 15 is 0 Å². The third-order valence-electron chi connectivity index (χ3n) is 2.53. The van der Waals surface area contributed by atoms with E-state index < -0.39 is 0 Å². The number of benzene rings is 1. The van der Waals surface area contributed by atoms with Crippen LogP contribution in [0.25, 0.3) is 0 Å². The van der Waals surface area contributed by atoms with E-state index in [-0.39, 0.29) is 24.8 Å². The van der Waals surface area contributed by atoms with Gasteiger partial charge in [-0.05, 0) is 24.6 Å². The minimum atomic E-state index is -0.305. The second-order valence-electron chi connectivity index (χ2n) is 4.20. The summed E-state index contributed by atoms with van der Waals surface area (Å²) in [5, 5.41) is 5.38. The number of nitrogens with one attached hydrogen (secondary N) is 2. The molecule has 6 heteroatoms. The molecule has 0 fully saturated rings. The predicted molar refractivity (Wildman–Crippen MR) is 75.5 cm³/mol. The van der Waals surface area contributed by atoms with Gasteiger partial charge >= 0.3 is 0 Å².